The summed E-state index contributed by atoms with van der Waals surface area (Å²) in [4.78, 5) is 47.6. The number of hydrogen-bond donors (Lipinski definition) is 1. The molecule has 3 aromatic rings. The van der Waals surface area contributed by atoms with Crippen LogP contribution < -0.4 is 15.0 Å². The van der Waals surface area contributed by atoms with E-state index in [1.54, 1.807) is 29.2 Å². The van der Waals surface area contributed by atoms with E-state index in [4.69, 9.17) is 10.00 Å². The van der Waals surface area contributed by atoms with Crippen LogP contribution in [0.4, 0.5) is 5.69 Å². The first-order valence-electron chi connectivity index (χ1n) is 16.1. The molecule has 3 heterocycles. The van der Waals surface area contributed by atoms with Crippen molar-refractivity contribution in [3.8, 4) is 11.8 Å². The Hall–Kier alpha value is -4.71. The number of Topliss-reactive ketones (excluding diaryl/α,β-unsaturated/α-hetero) is 1. The number of rotatable bonds is 8. The quantitative estimate of drug-likeness (QED) is 0.342. The van der Waals surface area contributed by atoms with E-state index in [2.05, 4.69) is 21.3 Å². The van der Waals surface area contributed by atoms with Gasteiger partial charge in [-0.05, 0) is 112 Å². The number of carbonyl (C=O) groups excluding carboxylic acids is 3. The van der Waals surface area contributed by atoms with Gasteiger partial charge in [0.1, 0.15) is 11.4 Å². The van der Waals surface area contributed by atoms with Crippen molar-refractivity contribution < 1.29 is 19.1 Å². The second-order valence-corrected chi connectivity index (χ2v) is 12.3. The molecule has 0 unspecified atom stereocenters. The van der Waals surface area contributed by atoms with Crippen molar-refractivity contribution in [2.24, 2.45) is 5.92 Å². The molecule has 45 heavy (non-hydrogen) atoms. The fourth-order valence-electron chi connectivity index (χ4n) is 6.60. The molecule has 3 aliphatic rings. The number of nitrogens with zero attached hydrogens (tertiary/aromatic N) is 4. The summed E-state index contributed by atoms with van der Waals surface area (Å²) in [6.45, 7) is 3.15. The number of nitriles is 1. The first-order chi connectivity index (χ1) is 22.0. The number of piperidine rings is 1. The Balaban J connectivity index is 0.940. The molecule has 1 aliphatic carbocycles. The van der Waals surface area contributed by atoms with Gasteiger partial charge < -0.3 is 19.9 Å². The summed E-state index contributed by atoms with van der Waals surface area (Å²) in [6.07, 6.45) is 8.48. The summed E-state index contributed by atoms with van der Waals surface area (Å²) in [6, 6.07) is 20.5. The lowest BCUT2D eigenvalue weighted by Gasteiger charge is -2.31. The summed E-state index contributed by atoms with van der Waals surface area (Å²) >= 11 is 0. The van der Waals surface area contributed by atoms with Crippen molar-refractivity contribution in [2.45, 2.75) is 63.5 Å². The van der Waals surface area contributed by atoms with Crippen LogP contribution in [0.1, 0.15) is 88.1 Å². The van der Waals surface area contributed by atoms with E-state index in [-0.39, 0.29) is 35.7 Å². The van der Waals surface area contributed by atoms with Crippen LogP contribution >= 0.6 is 0 Å². The monoisotopic (exact) mass is 605 g/mol. The Bertz CT molecular complexity index is 1530. The van der Waals surface area contributed by atoms with Crippen molar-refractivity contribution in [1.29, 1.82) is 5.26 Å². The number of ether oxygens (including phenoxy) is 1. The molecular formula is C36H39N5O4. The van der Waals surface area contributed by atoms with E-state index in [9.17, 15) is 14.4 Å². The number of benzene rings is 2. The fraction of sp³-hybridized carbons (Fsp3) is 0.417. The first-order valence-corrected chi connectivity index (χ1v) is 16.1. The van der Waals surface area contributed by atoms with Crippen molar-refractivity contribution in [2.75, 3.05) is 31.1 Å². The largest absolute Gasteiger partial charge is 0.490 e. The van der Waals surface area contributed by atoms with E-state index < -0.39 is 0 Å². The third-order valence-electron chi connectivity index (χ3n) is 9.32. The molecule has 0 radical (unpaired) electrons. The molecular weight excluding hydrogens is 566 g/mol. The van der Waals surface area contributed by atoms with Gasteiger partial charge in [0.05, 0.1) is 23.3 Å². The maximum Gasteiger partial charge on any atom is 0.272 e. The number of aromatic nitrogens is 1. The lowest BCUT2D eigenvalue weighted by atomic mass is 9.88. The third-order valence-corrected chi connectivity index (χ3v) is 9.32. The van der Waals surface area contributed by atoms with Crippen LogP contribution in [0.2, 0.25) is 0 Å². The molecule has 2 aromatic carbocycles. The number of anilines is 1. The van der Waals surface area contributed by atoms with Gasteiger partial charge in [0.25, 0.3) is 11.8 Å². The number of nitrogens with one attached hydrogen (secondary N) is 1. The van der Waals surface area contributed by atoms with Gasteiger partial charge in [-0.1, -0.05) is 0 Å². The predicted octanol–water partition coefficient (Wildman–Crippen LogP) is 5.41. The van der Waals surface area contributed by atoms with Crippen LogP contribution in [0.15, 0.2) is 66.9 Å². The summed E-state index contributed by atoms with van der Waals surface area (Å²) in [7, 11) is 0. The van der Waals surface area contributed by atoms with Crippen molar-refractivity contribution in [3.63, 3.8) is 0 Å². The predicted molar refractivity (Wildman–Crippen MR) is 170 cm³/mol. The molecule has 232 valence electrons. The maximum absolute atomic E-state index is 13.2. The topological polar surface area (TPSA) is 116 Å². The summed E-state index contributed by atoms with van der Waals surface area (Å²) in [5, 5.41) is 12.0. The SMILES string of the molecule is N#Cc1ccc(OC2CCC(NC(=O)c3ccc(C(=O)N4CCC(C(=O)c5ccc(N6CCCC6)cc5)CC4)nc3)CC2)cc1. The van der Waals surface area contributed by atoms with Crippen LogP contribution in [-0.4, -0.2) is 65.8 Å². The van der Waals surface area contributed by atoms with Crippen LogP contribution in [0.5, 0.6) is 5.75 Å². The van der Waals surface area contributed by atoms with Crippen molar-refractivity contribution in [3.05, 3.63) is 89.2 Å². The number of ketones is 1. The highest BCUT2D eigenvalue weighted by Crippen LogP contribution is 2.27. The zero-order valence-corrected chi connectivity index (χ0v) is 25.5. The number of amides is 2. The first kappa shape index (κ1) is 30.3. The van der Waals surface area contributed by atoms with Gasteiger partial charge >= 0.3 is 0 Å². The second kappa shape index (κ2) is 13.9. The van der Waals surface area contributed by atoms with Gasteiger partial charge in [0, 0.05) is 55.6 Å². The van der Waals surface area contributed by atoms with E-state index >= 15 is 0 Å². The molecule has 9 nitrogen and oxygen atoms in total. The Morgan fingerprint density at radius 3 is 2.09 bits per heavy atom. The third kappa shape index (κ3) is 7.34. The molecule has 1 aromatic heterocycles. The Morgan fingerprint density at radius 2 is 1.47 bits per heavy atom. The molecule has 2 saturated heterocycles. The van der Waals surface area contributed by atoms with Crippen molar-refractivity contribution >= 4 is 23.3 Å². The average Bonchev–Trinajstić information content (AvgIpc) is 3.64. The van der Waals surface area contributed by atoms with Crippen LogP contribution in [0.25, 0.3) is 0 Å². The lowest BCUT2D eigenvalue weighted by Crippen LogP contribution is -2.41. The van der Waals surface area contributed by atoms with Gasteiger partial charge in [-0.25, -0.2) is 0 Å². The van der Waals surface area contributed by atoms with Gasteiger partial charge in [-0.2, -0.15) is 5.26 Å². The molecule has 3 fully saturated rings. The molecule has 0 atom stereocenters. The minimum atomic E-state index is -0.203. The average molecular weight is 606 g/mol. The molecule has 0 bridgehead atoms. The summed E-state index contributed by atoms with van der Waals surface area (Å²) < 4.78 is 6.05. The van der Waals surface area contributed by atoms with Gasteiger partial charge in [-0.3, -0.25) is 19.4 Å². The minimum Gasteiger partial charge on any atom is -0.490 e. The molecule has 0 spiro atoms. The molecule has 2 amide bonds. The van der Waals surface area contributed by atoms with E-state index in [1.807, 2.05) is 36.4 Å². The lowest BCUT2D eigenvalue weighted by molar-refractivity contribution is 0.0645. The summed E-state index contributed by atoms with van der Waals surface area (Å²) in [5.74, 6) is 0.423. The van der Waals surface area contributed by atoms with Crippen molar-refractivity contribution in [1.82, 2.24) is 15.2 Å². The highest BCUT2D eigenvalue weighted by molar-refractivity contribution is 5.99. The van der Waals surface area contributed by atoms with E-state index in [0.29, 0.717) is 42.8 Å². The maximum atomic E-state index is 13.2. The van der Waals surface area contributed by atoms with E-state index in [1.165, 1.54) is 24.7 Å². The molecule has 1 N–H and O–H groups in total. The number of likely N-dealkylation sites (tertiary alicyclic amines) is 1. The smallest absolute Gasteiger partial charge is 0.272 e. The number of hydrogen-bond acceptors (Lipinski definition) is 7. The van der Waals surface area contributed by atoms with Crippen LogP contribution in [-0.2, 0) is 0 Å². The zero-order valence-electron chi connectivity index (χ0n) is 25.5. The number of pyridine rings is 1. The van der Waals surface area contributed by atoms with Gasteiger partial charge in [-0.15, -0.1) is 0 Å². The van der Waals surface area contributed by atoms with Gasteiger partial charge in [0.2, 0.25) is 0 Å². The zero-order chi connectivity index (χ0) is 31.2. The molecule has 6 rings (SSSR count). The Morgan fingerprint density at radius 1 is 0.800 bits per heavy atom. The Kier molecular flexibility index (Phi) is 9.39. The minimum absolute atomic E-state index is 0.0478. The van der Waals surface area contributed by atoms with E-state index in [0.717, 1.165) is 50.1 Å². The standard InChI is InChI=1S/C36H39N5O4/c37-23-25-3-12-31(13-4-25)45-32-14-8-29(9-15-32)39-35(43)28-7-16-33(38-24-28)36(44)41-21-17-27(18-22-41)34(42)26-5-10-30(11-6-26)40-19-1-2-20-40/h3-7,10-13,16,24,27,29,32H,1-2,8-9,14-15,17-22H2,(H,39,43). The summed E-state index contributed by atoms with van der Waals surface area (Å²) in [5.41, 5.74) is 3.23. The fourth-order valence-corrected chi connectivity index (χ4v) is 6.60. The molecule has 9 heteroatoms. The second-order valence-electron chi connectivity index (χ2n) is 12.3. The Labute approximate surface area is 264 Å². The molecule has 1 saturated carbocycles. The highest BCUT2D eigenvalue weighted by Gasteiger charge is 2.29. The van der Waals surface area contributed by atoms with Crippen LogP contribution in [0, 0.1) is 17.2 Å². The normalized spacial score (nSPS) is 20.3. The highest BCUT2D eigenvalue weighted by atomic mass is 16.5. The number of carbonyl (C=O) groups is 3. The molecule has 2 aliphatic heterocycles. The van der Waals surface area contributed by atoms with Crippen LogP contribution in [0.3, 0.4) is 0 Å². The van der Waals surface area contributed by atoms with Gasteiger partial charge in [0.15, 0.2) is 5.78 Å².